The van der Waals surface area contributed by atoms with Crippen molar-refractivity contribution < 1.29 is 9.53 Å². The summed E-state index contributed by atoms with van der Waals surface area (Å²) in [6.45, 7) is 5.45. The zero-order chi connectivity index (χ0) is 21.4. The van der Waals surface area contributed by atoms with Crippen LogP contribution in [0.15, 0.2) is 33.9 Å². The van der Waals surface area contributed by atoms with E-state index in [0.717, 1.165) is 16.9 Å². The third kappa shape index (κ3) is 3.44. The summed E-state index contributed by atoms with van der Waals surface area (Å²) in [6.07, 6.45) is 0.949. The normalized spacial score (nSPS) is 13.5. The number of rotatable bonds is 4. The molecule has 0 radical (unpaired) electrons. The Morgan fingerprint density at radius 2 is 1.93 bits per heavy atom. The van der Waals surface area contributed by atoms with Crippen molar-refractivity contribution in [2.75, 3.05) is 13.2 Å². The first-order valence-electron chi connectivity index (χ1n) is 9.94. The van der Waals surface area contributed by atoms with Gasteiger partial charge in [0.1, 0.15) is 4.83 Å². The molecule has 0 unspecified atom stereocenters. The highest BCUT2D eigenvalue weighted by Crippen LogP contribution is 2.33. The quantitative estimate of drug-likeness (QED) is 0.609. The minimum Gasteiger partial charge on any atom is -0.450 e. The number of nitrogens with zero attached hydrogens (tertiary/aromatic N) is 3. The zero-order valence-electron chi connectivity index (χ0n) is 16.8. The lowest BCUT2D eigenvalue weighted by Crippen LogP contribution is -2.39. The fourth-order valence-electron chi connectivity index (χ4n) is 3.82. The first kappa shape index (κ1) is 20.7. The molecule has 1 aliphatic heterocycles. The number of fused-ring (bicyclic) bond motifs is 3. The van der Waals surface area contributed by atoms with Gasteiger partial charge < -0.3 is 9.64 Å². The average molecular weight is 448 g/mol. The molecule has 2 aromatic heterocycles. The van der Waals surface area contributed by atoms with E-state index in [-0.39, 0.29) is 17.3 Å². The zero-order valence-corrected chi connectivity index (χ0v) is 18.4. The summed E-state index contributed by atoms with van der Waals surface area (Å²) in [5.41, 5.74) is 0.724. The SMILES string of the molecule is CCCn1c(=O)n(-c2ccc(Cl)cc2)c(=O)c2c3c(sc21)CN(C(=O)OCC)CC3. The molecule has 0 atom stereocenters. The molecular formula is C21H22ClN3O4S. The second-order valence-corrected chi connectivity index (χ2v) is 8.63. The molecule has 0 saturated heterocycles. The van der Waals surface area contributed by atoms with Gasteiger partial charge in [-0.15, -0.1) is 11.3 Å². The van der Waals surface area contributed by atoms with Crippen LogP contribution in [0, 0.1) is 0 Å². The molecule has 0 saturated carbocycles. The summed E-state index contributed by atoms with van der Waals surface area (Å²) in [6, 6.07) is 6.68. The van der Waals surface area contributed by atoms with Crippen molar-refractivity contribution in [2.45, 2.75) is 39.8 Å². The summed E-state index contributed by atoms with van der Waals surface area (Å²) in [5.74, 6) is 0. The highest BCUT2D eigenvalue weighted by atomic mass is 35.5. The molecule has 0 fully saturated rings. The lowest BCUT2D eigenvalue weighted by Gasteiger charge is -2.25. The number of benzene rings is 1. The maximum Gasteiger partial charge on any atom is 0.410 e. The van der Waals surface area contributed by atoms with Crippen LogP contribution in [-0.2, 0) is 24.2 Å². The molecule has 7 nitrogen and oxygen atoms in total. The van der Waals surface area contributed by atoms with E-state index >= 15 is 0 Å². The van der Waals surface area contributed by atoms with Crippen molar-refractivity contribution in [3.8, 4) is 5.69 Å². The van der Waals surface area contributed by atoms with Gasteiger partial charge in [-0.05, 0) is 49.6 Å². The van der Waals surface area contributed by atoms with Crippen molar-refractivity contribution in [3.63, 3.8) is 0 Å². The van der Waals surface area contributed by atoms with Gasteiger partial charge in [0.25, 0.3) is 5.56 Å². The van der Waals surface area contributed by atoms with Gasteiger partial charge in [0.05, 0.1) is 24.2 Å². The molecule has 0 aliphatic carbocycles. The van der Waals surface area contributed by atoms with E-state index in [1.54, 1.807) is 40.7 Å². The van der Waals surface area contributed by atoms with Gasteiger partial charge in [-0.25, -0.2) is 14.2 Å². The second-order valence-electron chi connectivity index (χ2n) is 7.11. The van der Waals surface area contributed by atoms with Crippen LogP contribution in [0.3, 0.4) is 0 Å². The third-order valence-corrected chi connectivity index (χ3v) is 6.67. The van der Waals surface area contributed by atoms with Crippen molar-refractivity contribution >= 4 is 39.2 Å². The number of ether oxygens (including phenoxy) is 1. The molecule has 158 valence electrons. The Kier molecular flexibility index (Phi) is 5.71. The Hall–Kier alpha value is -2.58. The Morgan fingerprint density at radius 3 is 2.60 bits per heavy atom. The van der Waals surface area contributed by atoms with Crippen molar-refractivity contribution in [2.24, 2.45) is 0 Å². The monoisotopic (exact) mass is 447 g/mol. The fourth-order valence-corrected chi connectivity index (χ4v) is 5.31. The number of carbonyl (C=O) groups excluding carboxylic acids is 1. The van der Waals surface area contributed by atoms with Crippen LogP contribution in [0.4, 0.5) is 4.79 Å². The number of aromatic nitrogens is 2. The largest absolute Gasteiger partial charge is 0.450 e. The number of amides is 1. The lowest BCUT2D eigenvalue weighted by atomic mass is 10.1. The molecule has 3 heterocycles. The topological polar surface area (TPSA) is 73.5 Å². The Bertz CT molecular complexity index is 1230. The lowest BCUT2D eigenvalue weighted by molar-refractivity contribution is 0.103. The smallest absolute Gasteiger partial charge is 0.410 e. The predicted octanol–water partition coefficient (Wildman–Crippen LogP) is 3.79. The van der Waals surface area contributed by atoms with Gasteiger partial charge in [-0.3, -0.25) is 9.36 Å². The molecule has 1 aromatic carbocycles. The molecular weight excluding hydrogens is 426 g/mol. The van der Waals surface area contributed by atoms with Gasteiger partial charge in [0.15, 0.2) is 0 Å². The average Bonchev–Trinajstić information content (AvgIpc) is 3.11. The highest BCUT2D eigenvalue weighted by Gasteiger charge is 2.28. The number of aryl methyl sites for hydroxylation is 1. The molecule has 0 spiro atoms. The number of thiophene rings is 1. The summed E-state index contributed by atoms with van der Waals surface area (Å²) < 4.78 is 8.01. The summed E-state index contributed by atoms with van der Waals surface area (Å²) in [7, 11) is 0. The third-order valence-electron chi connectivity index (χ3n) is 5.18. The Labute approximate surface area is 182 Å². The van der Waals surface area contributed by atoms with Crippen LogP contribution >= 0.6 is 22.9 Å². The summed E-state index contributed by atoms with van der Waals surface area (Å²) >= 11 is 7.40. The van der Waals surface area contributed by atoms with E-state index in [0.29, 0.717) is 53.6 Å². The molecule has 9 heteroatoms. The van der Waals surface area contributed by atoms with Gasteiger partial charge in [-0.2, -0.15) is 0 Å². The van der Waals surface area contributed by atoms with E-state index in [1.165, 1.54) is 15.9 Å². The number of hydrogen-bond acceptors (Lipinski definition) is 5. The maximum atomic E-state index is 13.5. The predicted molar refractivity (Wildman–Crippen MR) is 118 cm³/mol. The standard InChI is InChI=1S/C21H22ClN3O4S/c1-3-10-24-19-17(15-9-11-23(12-16(15)30-19)21(28)29-4-2)18(26)25(20(24)27)14-7-5-13(22)6-8-14/h5-8H,3-4,9-12H2,1-2H3. The number of halogens is 1. The van der Waals surface area contributed by atoms with E-state index in [2.05, 4.69) is 0 Å². The summed E-state index contributed by atoms with van der Waals surface area (Å²) in [4.78, 5) is 42.1. The molecule has 30 heavy (non-hydrogen) atoms. The van der Waals surface area contributed by atoms with E-state index in [4.69, 9.17) is 16.3 Å². The number of carbonyl (C=O) groups is 1. The Morgan fingerprint density at radius 1 is 1.20 bits per heavy atom. The Balaban J connectivity index is 1.93. The minimum absolute atomic E-state index is 0.316. The van der Waals surface area contributed by atoms with Crippen LogP contribution in [0.1, 0.15) is 30.7 Å². The second kappa shape index (κ2) is 8.28. The molecule has 1 aliphatic rings. The maximum absolute atomic E-state index is 13.5. The van der Waals surface area contributed by atoms with Crippen molar-refractivity contribution in [3.05, 3.63) is 60.6 Å². The van der Waals surface area contributed by atoms with Crippen molar-refractivity contribution in [1.29, 1.82) is 0 Å². The number of hydrogen-bond donors (Lipinski definition) is 0. The van der Waals surface area contributed by atoms with Crippen LogP contribution in [0.2, 0.25) is 5.02 Å². The summed E-state index contributed by atoms with van der Waals surface area (Å²) in [5, 5.41) is 1.11. The van der Waals surface area contributed by atoms with Gasteiger partial charge in [-0.1, -0.05) is 18.5 Å². The van der Waals surface area contributed by atoms with E-state index in [9.17, 15) is 14.4 Å². The fraction of sp³-hybridized carbons (Fsp3) is 0.381. The molecule has 3 aromatic rings. The first-order valence-corrected chi connectivity index (χ1v) is 11.1. The van der Waals surface area contributed by atoms with Gasteiger partial charge >= 0.3 is 11.8 Å². The van der Waals surface area contributed by atoms with Crippen molar-refractivity contribution in [1.82, 2.24) is 14.0 Å². The molecule has 1 amide bonds. The first-order chi connectivity index (χ1) is 14.5. The van der Waals surface area contributed by atoms with Crippen LogP contribution < -0.4 is 11.2 Å². The highest BCUT2D eigenvalue weighted by molar-refractivity contribution is 7.18. The molecule has 0 bridgehead atoms. The van der Waals surface area contributed by atoms with E-state index < -0.39 is 0 Å². The van der Waals surface area contributed by atoms with Crippen LogP contribution in [-0.4, -0.2) is 33.3 Å². The molecule has 0 N–H and O–H groups in total. The minimum atomic E-state index is -0.363. The molecule has 4 rings (SSSR count). The van der Waals surface area contributed by atoms with Gasteiger partial charge in [0.2, 0.25) is 0 Å². The van der Waals surface area contributed by atoms with Crippen LogP contribution in [0.25, 0.3) is 15.9 Å². The van der Waals surface area contributed by atoms with Crippen LogP contribution in [0.5, 0.6) is 0 Å². The van der Waals surface area contributed by atoms with Gasteiger partial charge in [0, 0.05) is 23.0 Å². The van der Waals surface area contributed by atoms with E-state index in [1.807, 2.05) is 6.92 Å².